The Labute approximate surface area is 274 Å². The van der Waals surface area contributed by atoms with Crippen molar-refractivity contribution < 1.29 is 9.90 Å². The quantitative estimate of drug-likeness (QED) is 0.220. The number of aryl methyl sites for hydroxylation is 1. The number of carboxylic acid groups (broad SMARTS) is 1. The number of fused-ring (bicyclic) bond motifs is 2. The number of carboxylic acids is 1. The van der Waals surface area contributed by atoms with Gasteiger partial charge in [-0.05, 0) is 40.8 Å². The van der Waals surface area contributed by atoms with Gasteiger partial charge < -0.3 is 5.11 Å². The van der Waals surface area contributed by atoms with E-state index in [1.165, 1.54) is 24.0 Å². The number of carbonyl (C=O) groups is 1. The Bertz CT molecular complexity index is 2300. The normalized spacial score (nSPS) is 12.3. The first kappa shape index (κ1) is 30.4. The third-order valence-corrected chi connectivity index (χ3v) is 8.69. The van der Waals surface area contributed by atoms with Crippen LogP contribution < -0.4 is 16.6 Å². The van der Waals surface area contributed by atoms with Crippen molar-refractivity contribution in [3.05, 3.63) is 177 Å². The number of aromatic nitrogens is 5. The Hall–Kier alpha value is -6.26. The van der Waals surface area contributed by atoms with Crippen LogP contribution in [0.2, 0.25) is 0 Å². The summed E-state index contributed by atoms with van der Waals surface area (Å²) in [6, 6.07) is 35.3. The summed E-state index contributed by atoms with van der Waals surface area (Å²) in [7, 11) is 1.53. The van der Waals surface area contributed by atoms with Crippen molar-refractivity contribution in [1.29, 1.82) is 0 Å². The van der Waals surface area contributed by atoms with Crippen molar-refractivity contribution in [2.24, 2.45) is 7.05 Å². The third-order valence-electron chi connectivity index (χ3n) is 8.69. The minimum atomic E-state index is -1.08. The largest absolute Gasteiger partial charge is 0.480 e. The summed E-state index contributed by atoms with van der Waals surface area (Å²) in [5.74, 6) is -1.04. The van der Waals surface area contributed by atoms with Crippen molar-refractivity contribution in [3.63, 3.8) is 0 Å². The molecule has 0 amide bonds. The van der Waals surface area contributed by atoms with E-state index in [4.69, 9.17) is 0 Å². The molecule has 7 aromatic rings. The van der Waals surface area contributed by atoms with Crippen LogP contribution in [0.15, 0.2) is 143 Å². The minimum absolute atomic E-state index is 0.0435. The number of benzene rings is 4. The van der Waals surface area contributed by atoms with E-state index in [-0.39, 0.29) is 23.3 Å². The molecule has 3 aromatic heterocycles. The fourth-order valence-corrected chi connectivity index (χ4v) is 6.44. The lowest BCUT2D eigenvalue weighted by Crippen LogP contribution is -2.53. The van der Waals surface area contributed by atoms with Crippen molar-refractivity contribution >= 4 is 28.0 Å². The van der Waals surface area contributed by atoms with Gasteiger partial charge in [-0.2, -0.15) is 0 Å². The Morgan fingerprint density at radius 3 is 1.88 bits per heavy atom. The van der Waals surface area contributed by atoms with Gasteiger partial charge >= 0.3 is 11.7 Å². The molecule has 236 valence electrons. The molecule has 0 fully saturated rings. The molecule has 7 rings (SSSR count). The third kappa shape index (κ3) is 5.14. The van der Waals surface area contributed by atoms with E-state index in [2.05, 4.69) is 20.3 Å². The molecule has 3 heterocycles. The van der Waals surface area contributed by atoms with Crippen LogP contribution in [0.1, 0.15) is 22.3 Å². The van der Waals surface area contributed by atoms with Crippen molar-refractivity contribution in [3.8, 4) is 5.69 Å². The number of pyridine rings is 1. The number of nitrogens with one attached hydrogen (secondary N) is 1. The lowest BCUT2D eigenvalue weighted by Gasteiger charge is -2.39. The molecule has 0 aliphatic rings. The van der Waals surface area contributed by atoms with Crippen LogP contribution in [0.4, 0.5) is 0 Å². The first-order chi connectivity index (χ1) is 23.4. The van der Waals surface area contributed by atoms with Gasteiger partial charge in [0.15, 0.2) is 11.2 Å². The highest BCUT2D eigenvalue weighted by atomic mass is 16.4. The number of nitrogens with zero attached hydrogens (tertiary/aromatic N) is 5. The predicted molar refractivity (Wildman–Crippen MR) is 183 cm³/mol. The standard InChI is InChI=1S/C38H30N6O4/c1-43-34-33(40-22-23-41-34)35(45)44(37(43)48)31-20-19-25(29-18-11-21-39-32(29)31)24-30(36(46)47)42-38(26-12-5-2-6-13-26,27-14-7-3-8-15-27)28-16-9-4-10-17-28/h2-23,30,42H,24H2,1H3,(H,46,47). The van der Waals surface area contributed by atoms with Crippen LogP contribution in [0.25, 0.3) is 27.8 Å². The number of hydrogen-bond acceptors (Lipinski definition) is 7. The van der Waals surface area contributed by atoms with Gasteiger partial charge in [-0.3, -0.25) is 24.5 Å². The molecular weight excluding hydrogens is 604 g/mol. The smallest absolute Gasteiger partial charge is 0.337 e. The van der Waals surface area contributed by atoms with Crippen molar-refractivity contribution in [2.45, 2.75) is 18.0 Å². The highest BCUT2D eigenvalue weighted by molar-refractivity contribution is 5.90. The first-order valence-corrected chi connectivity index (χ1v) is 15.4. The Balaban J connectivity index is 1.38. The van der Waals surface area contributed by atoms with Gasteiger partial charge in [0.05, 0.1) is 16.7 Å². The van der Waals surface area contributed by atoms with Gasteiger partial charge in [-0.25, -0.2) is 19.3 Å². The van der Waals surface area contributed by atoms with Crippen LogP contribution in [0.3, 0.4) is 0 Å². The van der Waals surface area contributed by atoms with Gasteiger partial charge in [0.1, 0.15) is 6.04 Å². The second-order valence-electron chi connectivity index (χ2n) is 11.4. The monoisotopic (exact) mass is 634 g/mol. The summed E-state index contributed by atoms with van der Waals surface area (Å²) in [6.07, 6.45) is 4.47. The fraction of sp³-hybridized carbons (Fsp3) is 0.105. The highest BCUT2D eigenvalue weighted by Gasteiger charge is 2.40. The molecule has 10 nitrogen and oxygen atoms in total. The zero-order valence-corrected chi connectivity index (χ0v) is 25.9. The molecule has 1 unspecified atom stereocenters. The van der Waals surface area contributed by atoms with Crippen molar-refractivity contribution in [1.82, 2.24) is 29.4 Å². The Morgan fingerprint density at radius 2 is 1.29 bits per heavy atom. The van der Waals surface area contributed by atoms with E-state index in [0.717, 1.165) is 21.3 Å². The summed E-state index contributed by atoms with van der Waals surface area (Å²) < 4.78 is 2.31. The Kier molecular flexibility index (Phi) is 7.92. The van der Waals surface area contributed by atoms with E-state index in [1.54, 1.807) is 24.4 Å². The van der Waals surface area contributed by atoms with E-state index in [0.29, 0.717) is 16.5 Å². The second-order valence-corrected chi connectivity index (χ2v) is 11.4. The van der Waals surface area contributed by atoms with Gasteiger partial charge in [0.25, 0.3) is 5.56 Å². The van der Waals surface area contributed by atoms with Gasteiger partial charge in [0, 0.05) is 31.0 Å². The maximum Gasteiger partial charge on any atom is 0.337 e. The van der Waals surface area contributed by atoms with E-state index >= 15 is 0 Å². The molecule has 10 heteroatoms. The molecular formula is C38H30N6O4. The van der Waals surface area contributed by atoms with Gasteiger partial charge in [-0.1, -0.05) is 103 Å². The van der Waals surface area contributed by atoms with Crippen LogP contribution in [-0.2, 0) is 23.8 Å². The summed E-state index contributed by atoms with van der Waals surface area (Å²) >= 11 is 0. The molecule has 0 saturated carbocycles. The lowest BCUT2D eigenvalue weighted by molar-refractivity contribution is -0.139. The average molecular weight is 635 g/mol. The molecule has 0 spiro atoms. The fourth-order valence-electron chi connectivity index (χ4n) is 6.44. The van der Waals surface area contributed by atoms with E-state index in [9.17, 15) is 19.5 Å². The Morgan fingerprint density at radius 1 is 0.729 bits per heavy atom. The number of hydrogen-bond donors (Lipinski definition) is 2. The maximum atomic E-state index is 13.6. The van der Waals surface area contributed by atoms with Gasteiger partial charge in [-0.15, -0.1) is 0 Å². The lowest BCUT2D eigenvalue weighted by atomic mass is 9.76. The molecule has 0 aliphatic carbocycles. The molecule has 0 aliphatic heterocycles. The van der Waals surface area contributed by atoms with E-state index < -0.39 is 28.8 Å². The van der Waals surface area contributed by atoms with Crippen LogP contribution in [0.5, 0.6) is 0 Å². The summed E-state index contributed by atoms with van der Waals surface area (Å²) in [4.78, 5) is 53.2. The first-order valence-electron chi connectivity index (χ1n) is 15.4. The minimum Gasteiger partial charge on any atom is -0.480 e. The molecule has 0 bridgehead atoms. The van der Waals surface area contributed by atoms with Crippen LogP contribution in [-0.4, -0.2) is 41.2 Å². The second kappa shape index (κ2) is 12.5. The molecule has 1 atom stereocenters. The molecule has 0 saturated heterocycles. The molecule has 4 aromatic carbocycles. The summed E-state index contributed by atoms with van der Waals surface area (Å²) in [5.41, 5.74) is 1.93. The predicted octanol–water partition coefficient (Wildman–Crippen LogP) is 4.61. The highest BCUT2D eigenvalue weighted by Crippen LogP contribution is 2.38. The summed E-state index contributed by atoms with van der Waals surface area (Å²) in [6.45, 7) is 0. The average Bonchev–Trinajstić information content (AvgIpc) is 3.14. The van der Waals surface area contributed by atoms with E-state index in [1.807, 2.05) is 97.1 Å². The van der Waals surface area contributed by atoms with Gasteiger partial charge in [0.2, 0.25) is 0 Å². The molecule has 2 N–H and O–H groups in total. The number of rotatable bonds is 9. The maximum absolute atomic E-state index is 13.6. The SMILES string of the molecule is Cn1c(=O)n(-c2ccc(CC(NC(c3ccccc3)(c3ccccc3)c3ccccc3)C(=O)O)c3cccnc23)c(=O)c2nccnc21. The molecule has 0 radical (unpaired) electrons. The van der Waals surface area contributed by atoms with Crippen LogP contribution >= 0.6 is 0 Å². The topological polar surface area (TPSA) is 132 Å². The number of aliphatic carboxylic acids is 1. The van der Waals surface area contributed by atoms with Crippen molar-refractivity contribution in [2.75, 3.05) is 0 Å². The van der Waals surface area contributed by atoms with Crippen LogP contribution in [0, 0.1) is 0 Å². The molecule has 48 heavy (non-hydrogen) atoms. The summed E-state index contributed by atoms with van der Waals surface area (Å²) in [5, 5.41) is 15.0. The zero-order chi connectivity index (χ0) is 33.3. The zero-order valence-electron chi connectivity index (χ0n) is 25.9.